The average molecular weight is 405 g/mol. The molecule has 2 N–H and O–H groups in total. The number of aromatic nitrogens is 6. The van der Waals surface area contributed by atoms with Crippen LogP contribution in [0, 0.1) is 11.6 Å². The number of rotatable bonds is 3. The third-order valence-corrected chi connectivity index (χ3v) is 4.75. The highest BCUT2D eigenvalue weighted by Gasteiger charge is 2.19. The molecule has 0 aliphatic rings. The van der Waals surface area contributed by atoms with Crippen LogP contribution in [-0.2, 0) is 6.54 Å². The first kappa shape index (κ1) is 17.9. The van der Waals surface area contributed by atoms with E-state index in [2.05, 4.69) is 19.9 Å². The van der Waals surface area contributed by atoms with Gasteiger partial charge in [-0.2, -0.15) is 0 Å². The molecule has 0 saturated heterocycles. The summed E-state index contributed by atoms with van der Waals surface area (Å²) in [5, 5.41) is -0.216. The molecule has 3 heterocycles. The number of hydrogen-bond acceptors (Lipinski definition) is 6. The molecule has 0 aliphatic carbocycles. The number of para-hydroxylation sites is 1. The molecular weight excluding hydrogens is 392 g/mol. The molecule has 8 nitrogen and oxygen atoms in total. The summed E-state index contributed by atoms with van der Waals surface area (Å²) in [6, 6.07) is 9.89. The van der Waals surface area contributed by atoms with E-state index in [1.165, 1.54) is 49.1 Å². The van der Waals surface area contributed by atoms with Crippen molar-refractivity contribution in [3.05, 3.63) is 82.9 Å². The van der Waals surface area contributed by atoms with Crippen LogP contribution in [0.5, 0.6) is 0 Å². The van der Waals surface area contributed by atoms with E-state index in [1.54, 1.807) is 10.6 Å². The van der Waals surface area contributed by atoms with Crippen molar-refractivity contribution in [1.82, 2.24) is 29.1 Å². The Balaban J connectivity index is 1.80. The van der Waals surface area contributed by atoms with E-state index in [1.807, 2.05) is 0 Å². The third-order valence-electron chi connectivity index (χ3n) is 4.75. The SMILES string of the molecule is Nc1ncnc2c1ncn2Cc1nc2cccc(F)c2c(=O)n1-c1ccccc1F. The van der Waals surface area contributed by atoms with Crippen molar-refractivity contribution in [3.63, 3.8) is 0 Å². The van der Waals surface area contributed by atoms with Gasteiger partial charge in [-0.15, -0.1) is 0 Å². The quantitative estimate of drug-likeness (QED) is 0.494. The summed E-state index contributed by atoms with van der Waals surface area (Å²) >= 11 is 0. The van der Waals surface area contributed by atoms with E-state index in [0.29, 0.717) is 11.2 Å². The molecule has 0 fully saturated rings. The van der Waals surface area contributed by atoms with Crippen LogP contribution in [0.1, 0.15) is 5.82 Å². The van der Waals surface area contributed by atoms with Gasteiger partial charge in [0.1, 0.15) is 34.7 Å². The summed E-state index contributed by atoms with van der Waals surface area (Å²) in [6.45, 7) is 0.0168. The van der Waals surface area contributed by atoms with Crippen molar-refractivity contribution in [2.75, 3.05) is 5.73 Å². The summed E-state index contributed by atoms with van der Waals surface area (Å²) in [7, 11) is 0. The van der Waals surface area contributed by atoms with Gasteiger partial charge >= 0.3 is 0 Å². The van der Waals surface area contributed by atoms with Crippen LogP contribution >= 0.6 is 0 Å². The largest absolute Gasteiger partial charge is 0.382 e. The predicted molar refractivity (Wildman–Crippen MR) is 106 cm³/mol. The van der Waals surface area contributed by atoms with Gasteiger partial charge in [-0.25, -0.2) is 28.7 Å². The number of nitrogens with zero attached hydrogens (tertiary/aromatic N) is 6. The van der Waals surface area contributed by atoms with Gasteiger partial charge in [-0.1, -0.05) is 18.2 Å². The van der Waals surface area contributed by atoms with Gasteiger partial charge in [-0.3, -0.25) is 9.36 Å². The van der Waals surface area contributed by atoms with E-state index in [0.717, 1.165) is 4.57 Å². The van der Waals surface area contributed by atoms with Gasteiger partial charge in [-0.05, 0) is 24.3 Å². The first-order valence-corrected chi connectivity index (χ1v) is 8.91. The van der Waals surface area contributed by atoms with Gasteiger partial charge in [0.15, 0.2) is 11.5 Å². The van der Waals surface area contributed by atoms with Crippen molar-refractivity contribution >= 4 is 27.9 Å². The number of nitrogens with two attached hydrogens (primary N) is 1. The molecule has 0 spiro atoms. The number of imidazole rings is 1. The highest BCUT2D eigenvalue weighted by molar-refractivity contribution is 5.81. The molecule has 5 rings (SSSR count). The van der Waals surface area contributed by atoms with Crippen LogP contribution in [0.25, 0.3) is 27.8 Å². The van der Waals surface area contributed by atoms with Crippen molar-refractivity contribution < 1.29 is 8.78 Å². The first-order chi connectivity index (χ1) is 14.5. The van der Waals surface area contributed by atoms with E-state index in [9.17, 15) is 13.6 Å². The fourth-order valence-electron chi connectivity index (χ4n) is 3.39. The zero-order valence-corrected chi connectivity index (χ0v) is 15.3. The number of fused-ring (bicyclic) bond motifs is 2. The lowest BCUT2D eigenvalue weighted by atomic mass is 10.2. The van der Waals surface area contributed by atoms with Crippen LogP contribution in [0.15, 0.2) is 59.9 Å². The molecule has 3 aromatic heterocycles. The Kier molecular flexibility index (Phi) is 3.98. The fourth-order valence-corrected chi connectivity index (χ4v) is 3.39. The normalized spacial score (nSPS) is 11.4. The minimum atomic E-state index is -0.727. The lowest BCUT2D eigenvalue weighted by molar-refractivity contribution is 0.605. The minimum absolute atomic E-state index is 0.0168. The van der Waals surface area contributed by atoms with Crippen LogP contribution in [-0.4, -0.2) is 29.1 Å². The molecule has 0 saturated carbocycles. The van der Waals surface area contributed by atoms with Crippen molar-refractivity contribution in [2.45, 2.75) is 6.54 Å². The number of anilines is 1. The second-order valence-electron chi connectivity index (χ2n) is 6.56. The number of hydrogen-bond donors (Lipinski definition) is 1. The summed E-state index contributed by atoms with van der Waals surface area (Å²) < 4.78 is 31.7. The Hall–Kier alpha value is -4.21. The minimum Gasteiger partial charge on any atom is -0.382 e. The number of nitrogen functional groups attached to an aromatic ring is 1. The zero-order valence-electron chi connectivity index (χ0n) is 15.3. The fraction of sp³-hybridized carbons (Fsp3) is 0.0500. The molecule has 30 heavy (non-hydrogen) atoms. The van der Waals surface area contributed by atoms with Crippen molar-refractivity contribution in [2.24, 2.45) is 0 Å². The second-order valence-corrected chi connectivity index (χ2v) is 6.56. The summed E-state index contributed by atoms with van der Waals surface area (Å²) in [4.78, 5) is 29.9. The Morgan fingerprint density at radius 3 is 2.60 bits per heavy atom. The highest BCUT2D eigenvalue weighted by Crippen LogP contribution is 2.20. The maximum atomic E-state index is 14.6. The Labute approximate surface area is 167 Å². The Morgan fingerprint density at radius 1 is 0.967 bits per heavy atom. The maximum Gasteiger partial charge on any atom is 0.269 e. The van der Waals surface area contributed by atoms with Crippen LogP contribution in [0.2, 0.25) is 0 Å². The molecular formula is C20H13F2N7O. The lowest BCUT2D eigenvalue weighted by Crippen LogP contribution is -2.26. The van der Waals surface area contributed by atoms with Gasteiger partial charge in [0.25, 0.3) is 5.56 Å². The standard InChI is InChI=1S/C20H13F2N7O/c21-11-4-1-2-7-14(11)29-15(27-13-6-3-5-12(22)16(13)20(29)30)8-28-10-26-17-18(23)24-9-25-19(17)28/h1-7,9-10H,8H2,(H2,23,24,25). The molecule has 0 radical (unpaired) electrons. The Morgan fingerprint density at radius 2 is 1.77 bits per heavy atom. The maximum absolute atomic E-state index is 14.6. The van der Waals surface area contributed by atoms with Crippen molar-refractivity contribution in [3.8, 4) is 5.69 Å². The Bertz CT molecular complexity index is 1490. The van der Waals surface area contributed by atoms with E-state index in [4.69, 9.17) is 5.73 Å². The highest BCUT2D eigenvalue weighted by atomic mass is 19.1. The summed E-state index contributed by atoms with van der Waals surface area (Å²) in [5.41, 5.74) is 6.07. The van der Waals surface area contributed by atoms with E-state index >= 15 is 0 Å². The number of halogens is 2. The summed E-state index contributed by atoms with van der Waals surface area (Å²) in [6.07, 6.45) is 2.77. The third kappa shape index (κ3) is 2.69. The van der Waals surface area contributed by atoms with Gasteiger partial charge in [0.2, 0.25) is 0 Å². The van der Waals surface area contributed by atoms with Crippen LogP contribution < -0.4 is 11.3 Å². The van der Waals surface area contributed by atoms with Crippen LogP contribution in [0.3, 0.4) is 0 Å². The van der Waals surface area contributed by atoms with E-state index in [-0.39, 0.29) is 34.8 Å². The first-order valence-electron chi connectivity index (χ1n) is 8.91. The van der Waals surface area contributed by atoms with Gasteiger partial charge in [0, 0.05) is 0 Å². The lowest BCUT2D eigenvalue weighted by Gasteiger charge is -2.15. The topological polar surface area (TPSA) is 105 Å². The summed E-state index contributed by atoms with van der Waals surface area (Å²) in [5.74, 6) is -0.978. The van der Waals surface area contributed by atoms with Crippen LogP contribution in [0.4, 0.5) is 14.6 Å². The molecule has 0 atom stereocenters. The van der Waals surface area contributed by atoms with E-state index < -0.39 is 17.2 Å². The smallest absolute Gasteiger partial charge is 0.269 e. The zero-order chi connectivity index (χ0) is 20.8. The molecule has 0 aliphatic heterocycles. The van der Waals surface area contributed by atoms with Crippen molar-refractivity contribution in [1.29, 1.82) is 0 Å². The molecule has 2 aromatic carbocycles. The predicted octanol–water partition coefficient (Wildman–Crippen LogP) is 2.43. The molecule has 0 amide bonds. The average Bonchev–Trinajstić information content (AvgIpc) is 3.13. The number of benzene rings is 2. The van der Waals surface area contributed by atoms with Gasteiger partial charge in [0.05, 0.1) is 24.1 Å². The monoisotopic (exact) mass is 405 g/mol. The molecule has 10 heteroatoms. The van der Waals surface area contributed by atoms with Gasteiger partial charge < -0.3 is 10.3 Å². The molecule has 5 aromatic rings. The molecule has 0 bridgehead atoms. The molecule has 148 valence electrons. The molecule has 0 unspecified atom stereocenters. The second kappa shape index (κ2) is 6.69.